The third kappa shape index (κ3) is 4.56. The highest BCUT2D eigenvalue weighted by Crippen LogP contribution is 2.01. The number of ether oxygens (including phenoxy) is 2. The van der Waals surface area contributed by atoms with Crippen molar-refractivity contribution in [3.05, 3.63) is 0 Å². The van der Waals surface area contributed by atoms with Gasteiger partial charge < -0.3 is 9.47 Å². The predicted molar refractivity (Wildman–Crippen MR) is 36.0 cm³/mol. The second-order valence-corrected chi connectivity index (χ2v) is 1.93. The van der Waals surface area contributed by atoms with Gasteiger partial charge in [-0.15, -0.1) is 0 Å². The Morgan fingerprint density at radius 2 is 1.62 bits per heavy atom. The molecule has 0 aliphatic carbocycles. The molecule has 50 valence electrons. The normalized spacial score (nSPS) is 10.5. The first-order chi connectivity index (χ1) is 3.81. The summed E-state index contributed by atoms with van der Waals surface area (Å²) in [7, 11) is 0. The molecular weight excluding hydrogens is 172 g/mol. The lowest BCUT2D eigenvalue weighted by Crippen LogP contribution is -2.08. The fourth-order valence-electron chi connectivity index (χ4n) is 0.310. The lowest BCUT2D eigenvalue weighted by molar-refractivity contribution is -0.0686. The molecule has 0 aliphatic rings. The Hall–Kier alpha value is 0.400. The van der Waals surface area contributed by atoms with Crippen LogP contribution in [0.25, 0.3) is 0 Å². The average molecular weight is 183 g/mol. The molecule has 0 aliphatic heterocycles. The van der Waals surface area contributed by atoms with E-state index in [0.717, 1.165) is 0 Å². The molecule has 0 amide bonds. The van der Waals surface area contributed by atoms with Crippen LogP contribution in [0.4, 0.5) is 0 Å². The van der Waals surface area contributed by atoms with Gasteiger partial charge in [-0.25, -0.2) is 0 Å². The van der Waals surface area contributed by atoms with Gasteiger partial charge in [0.1, 0.15) is 0 Å². The zero-order valence-corrected chi connectivity index (χ0v) is 6.77. The van der Waals surface area contributed by atoms with Crippen LogP contribution >= 0.6 is 15.9 Å². The number of rotatable bonds is 4. The summed E-state index contributed by atoms with van der Waals surface area (Å²) >= 11 is 3.15. The molecule has 0 fully saturated rings. The maximum atomic E-state index is 4.98. The van der Waals surface area contributed by atoms with Crippen LogP contribution in [0.2, 0.25) is 0 Å². The van der Waals surface area contributed by atoms with Crippen molar-refractivity contribution in [1.82, 2.24) is 0 Å². The van der Waals surface area contributed by atoms with Crippen molar-refractivity contribution in [2.24, 2.45) is 0 Å². The number of alkyl halides is 1. The predicted octanol–water partition coefficient (Wildman–Crippen LogP) is 1.74. The molecule has 0 N–H and O–H groups in total. The highest BCUT2D eigenvalue weighted by atomic mass is 79.9. The van der Waals surface area contributed by atoms with Gasteiger partial charge in [-0.3, -0.25) is 0 Å². The number of hydrogen-bond acceptors (Lipinski definition) is 2. The molecule has 0 aromatic heterocycles. The van der Waals surface area contributed by atoms with Gasteiger partial charge in [-0.1, -0.05) is 0 Å². The Labute approximate surface area is 58.3 Å². The molecule has 0 saturated heterocycles. The van der Waals surface area contributed by atoms with E-state index < -0.39 is 0 Å². The molecule has 0 aromatic carbocycles. The fourth-order valence-corrected chi connectivity index (χ4v) is 0.839. The van der Waals surface area contributed by atoms with Crippen molar-refractivity contribution < 1.29 is 9.47 Å². The summed E-state index contributed by atoms with van der Waals surface area (Å²) < 4.78 is 9.95. The maximum absolute atomic E-state index is 4.98. The lowest BCUT2D eigenvalue weighted by Gasteiger charge is -2.07. The monoisotopic (exact) mass is 182 g/mol. The average Bonchev–Trinajstić information content (AvgIpc) is 1.68. The molecule has 3 heteroatoms. The molecule has 0 radical (unpaired) electrons. The fraction of sp³-hybridized carbons (Fsp3) is 1.00. The molecule has 0 unspecified atom stereocenters. The van der Waals surface area contributed by atoms with Crippen LogP contribution in [0.15, 0.2) is 0 Å². The number of hydrogen-bond donors (Lipinski definition) is 0. The van der Waals surface area contributed by atoms with Gasteiger partial charge in [0, 0.05) is 13.2 Å². The zero-order valence-electron chi connectivity index (χ0n) is 5.19. The van der Waals surface area contributed by atoms with E-state index in [1.807, 2.05) is 13.8 Å². The first kappa shape index (κ1) is 8.40. The van der Waals surface area contributed by atoms with Crippen molar-refractivity contribution in [2.45, 2.75) is 19.0 Å². The highest BCUT2D eigenvalue weighted by Gasteiger charge is 1.97. The summed E-state index contributed by atoms with van der Waals surface area (Å²) in [5.74, 6) is 0. The van der Waals surface area contributed by atoms with Crippen LogP contribution in [-0.4, -0.2) is 18.4 Å². The van der Waals surface area contributed by atoms with E-state index in [1.165, 1.54) is 0 Å². The van der Waals surface area contributed by atoms with Crippen molar-refractivity contribution in [2.75, 3.05) is 13.2 Å². The topological polar surface area (TPSA) is 18.5 Å². The molecule has 0 rings (SSSR count). The zero-order chi connectivity index (χ0) is 6.41. The van der Waals surface area contributed by atoms with Crippen molar-refractivity contribution in [3.63, 3.8) is 0 Å². The van der Waals surface area contributed by atoms with E-state index in [2.05, 4.69) is 15.9 Å². The van der Waals surface area contributed by atoms with Gasteiger partial charge in [-0.2, -0.15) is 0 Å². The molecular formula is C5H11BrO2. The molecule has 8 heavy (non-hydrogen) atoms. The van der Waals surface area contributed by atoms with Crippen molar-refractivity contribution >= 4 is 15.9 Å². The summed E-state index contributed by atoms with van der Waals surface area (Å²) in [4.78, 5) is 0. The lowest BCUT2D eigenvalue weighted by atomic mass is 10.9. The number of halogens is 1. The summed E-state index contributed by atoms with van der Waals surface area (Å²) in [6, 6.07) is 0. The van der Waals surface area contributed by atoms with Gasteiger partial charge >= 0.3 is 0 Å². The second-order valence-electron chi connectivity index (χ2n) is 1.19. The summed E-state index contributed by atoms with van der Waals surface area (Å²) in [6.45, 7) is 5.20. The quantitative estimate of drug-likeness (QED) is 0.488. The van der Waals surface area contributed by atoms with E-state index in [-0.39, 0.29) is 5.20 Å². The van der Waals surface area contributed by atoms with Crippen molar-refractivity contribution in [1.29, 1.82) is 0 Å². The molecule has 0 bridgehead atoms. The van der Waals surface area contributed by atoms with Crippen LogP contribution < -0.4 is 0 Å². The van der Waals surface area contributed by atoms with Crippen LogP contribution in [0, 0.1) is 0 Å². The molecule has 0 aromatic rings. The Kier molecular flexibility index (Phi) is 5.81. The minimum Gasteiger partial charge on any atom is -0.344 e. The van der Waals surface area contributed by atoms with E-state index in [4.69, 9.17) is 9.47 Å². The van der Waals surface area contributed by atoms with Crippen LogP contribution in [0.1, 0.15) is 13.8 Å². The van der Waals surface area contributed by atoms with E-state index in [1.54, 1.807) is 0 Å². The smallest absolute Gasteiger partial charge is 0.215 e. The first-order valence-corrected chi connectivity index (χ1v) is 3.60. The molecule has 0 spiro atoms. The summed E-state index contributed by atoms with van der Waals surface area (Å²) in [5.41, 5.74) is 0. The Balaban J connectivity index is 2.92. The Morgan fingerprint density at radius 1 is 1.25 bits per heavy atom. The van der Waals surface area contributed by atoms with Crippen LogP contribution in [0.5, 0.6) is 0 Å². The maximum Gasteiger partial charge on any atom is 0.215 e. The highest BCUT2D eigenvalue weighted by molar-refractivity contribution is 9.09. The van der Waals surface area contributed by atoms with E-state index in [9.17, 15) is 0 Å². The van der Waals surface area contributed by atoms with Gasteiger partial charge in [-0.05, 0) is 29.8 Å². The van der Waals surface area contributed by atoms with Gasteiger partial charge in [0.2, 0.25) is 5.20 Å². The largest absolute Gasteiger partial charge is 0.344 e. The van der Waals surface area contributed by atoms with Crippen LogP contribution in [-0.2, 0) is 9.47 Å². The second kappa shape index (κ2) is 5.54. The molecule has 2 nitrogen and oxygen atoms in total. The van der Waals surface area contributed by atoms with Crippen LogP contribution in [0.3, 0.4) is 0 Å². The minimum absolute atomic E-state index is 0.225. The van der Waals surface area contributed by atoms with Gasteiger partial charge in [0.25, 0.3) is 0 Å². The summed E-state index contributed by atoms with van der Waals surface area (Å²) in [6.07, 6.45) is 0. The van der Waals surface area contributed by atoms with Gasteiger partial charge in [0.05, 0.1) is 0 Å². The standard InChI is InChI=1S/C5H11BrO2/c1-3-7-5(6)8-4-2/h5H,3-4H2,1-2H3. The molecule has 0 atom stereocenters. The van der Waals surface area contributed by atoms with E-state index in [0.29, 0.717) is 13.2 Å². The minimum atomic E-state index is -0.225. The molecule has 0 heterocycles. The third-order valence-electron chi connectivity index (χ3n) is 0.595. The third-order valence-corrected chi connectivity index (χ3v) is 1.12. The van der Waals surface area contributed by atoms with Crippen molar-refractivity contribution in [3.8, 4) is 0 Å². The SMILES string of the molecule is CCOC(Br)OCC. The van der Waals surface area contributed by atoms with Gasteiger partial charge in [0.15, 0.2) is 0 Å². The Bertz CT molecular complexity index is 43.7. The Morgan fingerprint density at radius 3 is 1.88 bits per heavy atom. The first-order valence-electron chi connectivity index (χ1n) is 2.68. The summed E-state index contributed by atoms with van der Waals surface area (Å²) in [5, 5.41) is -0.225. The molecule has 0 saturated carbocycles. The van der Waals surface area contributed by atoms with E-state index >= 15 is 0 Å².